The van der Waals surface area contributed by atoms with Crippen molar-refractivity contribution in [3.05, 3.63) is 33.8 Å². The third-order valence-corrected chi connectivity index (χ3v) is 5.66. The summed E-state index contributed by atoms with van der Waals surface area (Å²) in [7, 11) is 0. The van der Waals surface area contributed by atoms with Gasteiger partial charge in [0, 0.05) is 10.0 Å². The molecule has 1 saturated carbocycles. The van der Waals surface area contributed by atoms with Gasteiger partial charge in [0.1, 0.15) is 5.92 Å². The predicted octanol–water partition coefficient (Wildman–Crippen LogP) is 5.28. The lowest BCUT2D eigenvalue weighted by molar-refractivity contribution is -0.127. The monoisotopic (exact) mass is 352 g/mol. The number of benzene rings is 1. The number of nitrogens with zero attached hydrogens (tertiary/aromatic N) is 1. The Morgan fingerprint density at radius 3 is 2.57 bits per heavy atom. The maximum atomic E-state index is 12.7. The van der Waals surface area contributed by atoms with Crippen LogP contribution in [0.5, 0.6) is 0 Å². The van der Waals surface area contributed by atoms with Crippen molar-refractivity contribution < 1.29 is 4.79 Å². The van der Waals surface area contributed by atoms with Gasteiger partial charge in [0.05, 0.1) is 12.1 Å². The number of carbonyl (C=O) groups excluding carboxylic acids is 1. The minimum Gasteiger partial charge on any atom is -0.348 e. The van der Waals surface area contributed by atoms with E-state index in [4.69, 9.17) is 23.2 Å². The molecule has 1 fully saturated rings. The number of hydrogen-bond acceptors (Lipinski definition) is 2. The van der Waals surface area contributed by atoms with Crippen molar-refractivity contribution in [1.29, 1.82) is 5.26 Å². The standard InChI is InChI=1S/C18H22Cl2N2O/c1-3-18(8-4-5-9-18)15(11-21)17(23)22-12(2)14-7-6-13(19)10-16(14)20/h6-7,10,12,15H,3-5,8-9H2,1-2H3,(H,22,23). The Morgan fingerprint density at radius 1 is 1.39 bits per heavy atom. The molecule has 0 spiro atoms. The van der Waals surface area contributed by atoms with E-state index in [1.807, 2.05) is 13.0 Å². The number of halogens is 2. The summed E-state index contributed by atoms with van der Waals surface area (Å²) in [5.41, 5.74) is 0.626. The highest BCUT2D eigenvalue weighted by Crippen LogP contribution is 2.47. The third kappa shape index (κ3) is 3.82. The van der Waals surface area contributed by atoms with Crippen molar-refractivity contribution in [3.8, 4) is 6.07 Å². The summed E-state index contributed by atoms with van der Waals surface area (Å²) in [6, 6.07) is 7.20. The van der Waals surface area contributed by atoms with Crippen molar-refractivity contribution in [2.45, 2.75) is 52.0 Å². The highest BCUT2D eigenvalue weighted by atomic mass is 35.5. The first-order valence-corrected chi connectivity index (χ1v) is 8.84. The highest BCUT2D eigenvalue weighted by molar-refractivity contribution is 6.35. The number of amides is 1. The van der Waals surface area contributed by atoms with E-state index in [0.29, 0.717) is 10.0 Å². The number of rotatable bonds is 5. The van der Waals surface area contributed by atoms with E-state index in [-0.39, 0.29) is 17.4 Å². The van der Waals surface area contributed by atoms with Gasteiger partial charge in [0.2, 0.25) is 5.91 Å². The second-order valence-corrected chi connectivity index (χ2v) is 7.22. The fourth-order valence-electron chi connectivity index (χ4n) is 3.63. The molecular weight excluding hydrogens is 331 g/mol. The lowest BCUT2D eigenvalue weighted by Gasteiger charge is -2.32. The topological polar surface area (TPSA) is 52.9 Å². The van der Waals surface area contributed by atoms with Gasteiger partial charge >= 0.3 is 0 Å². The molecule has 0 aromatic heterocycles. The van der Waals surface area contributed by atoms with Crippen molar-refractivity contribution in [3.63, 3.8) is 0 Å². The van der Waals surface area contributed by atoms with Gasteiger partial charge < -0.3 is 5.32 Å². The second-order valence-electron chi connectivity index (χ2n) is 6.38. The zero-order valence-corrected chi connectivity index (χ0v) is 15.0. The van der Waals surface area contributed by atoms with Crippen molar-refractivity contribution in [1.82, 2.24) is 5.32 Å². The lowest BCUT2D eigenvalue weighted by Crippen LogP contribution is -2.41. The molecule has 124 valence electrons. The SMILES string of the molecule is CCC1(C(C#N)C(=O)NC(C)c2ccc(Cl)cc2Cl)CCCC1. The molecule has 0 aliphatic heterocycles. The molecule has 1 aliphatic carbocycles. The molecule has 1 amide bonds. The Morgan fingerprint density at radius 2 is 2.04 bits per heavy atom. The summed E-state index contributed by atoms with van der Waals surface area (Å²) in [6.07, 6.45) is 4.95. The van der Waals surface area contributed by atoms with Crippen molar-refractivity contribution in [2.24, 2.45) is 11.3 Å². The molecule has 2 atom stereocenters. The van der Waals surface area contributed by atoms with Gasteiger partial charge in [-0.05, 0) is 49.3 Å². The van der Waals surface area contributed by atoms with Crippen LogP contribution in [-0.4, -0.2) is 5.91 Å². The first-order chi connectivity index (χ1) is 10.9. The minimum atomic E-state index is -0.608. The van der Waals surface area contributed by atoms with Crippen LogP contribution in [0.2, 0.25) is 10.0 Å². The van der Waals surface area contributed by atoms with Crippen LogP contribution >= 0.6 is 23.2 Å². The van der Waals surface area contributed by atoms with Crippen LogP contribution in [0.4, 0.5) is 0 Å². The van der Waals surface area contributed by atoms with Crippen LogP contribution in [0, 0.1) is 22.7 Å². The van der Waals surface area contributed by atoms with Gasteiger partial charge in [-0.2, -0.15) is 5.26 Å². The van der Waals surface area contributed by atoms with Gasteiger partial charge in [-0.1, -0.05) is 49.0 Å². The molecule has 2 unspecified atom stereocenters. The number of carbonyl (C=O) groups is 1. The van der Waals surface area contributed by atoms with Crippen LogP contribution in [0.15, 0.2) is 18.2 Å². The fraction of sp³-hybridized carbons (Fsp3) is 0.556. The summed E-state index contributed by atoms with van der Waals surface area (Å²) < 4.78 is 0. The zero-order chi connectivity index (χ0) is 17.0. The van der Waals surface area contributed by atoms with Gasteiger partial charge in [0.25, 0.3) is 0 Å². The Labute approximate surface area is 148 Å². The lowest BCUT2D eigenvalue weighted by atomic mass is 9.72. The van der Waals surface area contributed by atoms with E-state index < -0.39 is 5.92 Å². The van der Waals surface area contributed by atoms with Crippen LogP contribution < -0.4 is 5.32 Å². The predicted molar refractivity (Wildman–Crippen MR) is 93.3 cm³/mol. The maximum Gasteiger partial charge on any atom is 0.238 e. The molecule has 0 radical (unpaired) electrons. The molecule has 1 aromatic carbocycles. The number of nitrogens with one attached hydrogen (secondary N) is 1. The Bertz CT molecular complexity index is 618. The molecule has 0 heterocycles. The summed E-state index contributed by atoms with van der Waals surface area (Å²) in [5, 5.41) is 13.6. The zero-order valence-electron chi connectivity index (χ0n) is 13.5. The molecule has 0 saturated heterocycles. The molecule has 1 aliphatic rings. The van der Waals surface area contributed by atoms with Crippen LogP contribution in [-0.2, 0) is 4.79 Å². The average molecular weight is 353 g/mol. The van der Waals surface area contributed by atoms with E-state index in [1.54, 1.807) is 12.1 Å². The van der Waals surface area contributed by atoms with E-state index in [2.05, 4.69) is 18.3 Å². The Balaban J connectivity index is 2.14. The summed E-state index contributed by atoms with van der Waals surface area (Å²) in [6.45, 7) is 3.94. The molecule has 2 rings (SSSR count). The third-order valence-electron chi connectivity index (χ3n) is 5.09. The largest absolute Gasteiger partial charge is 0.348 e. The Hall–Kier alpha value is -1.24. The van der Waals surface area contributed by atoms with E-state index in [9.17, 15) is 10.1 Å². The van der Waals surface area contributed by atoms with Crippen LogP contribution in [0.1, 0.15) is 57.6 Å². The molecule has 23 heavy (non-hydrogen) atoms. The van der Waals surface area contributed by atoms with E-state index >= 15 is 0 Å². The van der Waals surface area contributed by atoms with Crippen molar-refractivity contribution >= 4 is 29.1 Å². The fourth-order valence-corrected chi connectivity index (χ4v) is 4.20. The second kappa shape index (κ2) is 7.55. The maximum absolute atomic E-state index is 12.7. The quantitative estimate of drug-likeness (QED) is 0.783. The first-order valence-electron chi connectivity index (χ1n) is 8.08. The van der Waals surface area contributed by atoms with E-state index in [1.165, 1.54) is 0 Å². The summed E-state index contributed by atoms with van der Waals surface area (Å²) >= 11 is 12.1. The highest BCUT2D eigenvalue weighted by Gasteiger charge is 2.44. The van der Waals surface area contributed by atoms with Gasteiger partial charge in [-0.3, -0.25) is 4.79 Å². The van der Waals surface area contributed by atoms with Gasteiger partial charge in [-0.25, -0.2) is 0 Å². The molecule has 0 bridgehead atoms. The number of nitriles is 1. The number of hydrogen-bond donors (Lipinski definition) is 1. The van der Waals surface area contributed by atoms with Gasteiger partial charge in [-0.15, -0.1) is 0 Å². The smallest absolute Gasteiger partial charge is 0.238 e. The summed E-state index contributed by atoms with van der Waals surface area (Å²) in [4.78, 5) is 12.7. The minimum absolute atomic E-state index is 0.178. The molecule has 1 aromatic rings. The Kier molecular flexibility index (Phi) is 5.95. The summed E-state index contributed by atoms with van der Waals surface area (Å²) in [5.74, 6) is -0.807. The average Bonchev–Trinajstić information content (AvgIpc) is 2.97. The molecule has 3 nitrogen and oxygen atoms in total. The molecule has 5 heteroatoms. The molecule has 1 N–H and O–H groups in total. The van der Waals surface area contributed by atoms with Crippen LogP contribution in [0.25, 0.3) is 0 Å². The van der Waals surface area contributed by atoms with Crippen molar-refractivity contribution in [2.75, 3.05) is 0 Å². The van der Waals surface area contributed by atoms with Crippen LogP contribution in [0.3, 0.4) is 0 Å². The first kappa shape index (κ1) is 18.1. The van der Waals surface area contributed by atoms with Gasteiger partial charge in [0.15, 0.2) is 0 Å². The molecular formula is C18H22Cl2N2O. The van der Waals surface area contributed by atoms with E-state index in [0.717, 1.165) is 37.7 Å². The normalized spacial score (nSPS) is 18.9.